The van der Waals surface area contributed by atoms with E-state index in [1.807, 2.05) is 0 Å². The Morgan fingerprint density at radius 2 is 1.20 bits per heavy atom. The van der Waals surface area contributed by atoms with Crippen molar-refractivity contribution in [3.05, 3.63) is 12.2 Å². The van der Waals surface area contributed by atoms with Crippen LogP contribution in [-0.2, 0) is 28.7 Å². The molecule has 6 unspecified atom stereocenters. The van der Waals surface area contributed by atoms with E-state index >= 15 is 0 Å². The molecule has 20 heavy (non-hydrogen) atoms. The minimum Gasteiger partial charge on any atom is -0.481 e. The lowest BCUT2D eigenvalue weighted by molar-refractivity contribution is -0.189. The van der Waals surface area contributed by atoms with Crippen LogP contribution in [0.25, 0.3) is 0 Å². The van der Waals surface area contributed by atoms with E-state index in [0.29, 0.717) is 0 Å². The highest BCUT2D eigenvalue weighted by Crippen LogP contribution is 2.47. The summed E-state index contributed by atoms with van der Waals surface area (Å²) in [7, 11) is 0. The number of hydrogen-bond donors (Lipinski definition) is 2. The van der Waals surface area contributed by atoms with Crippen LogP contribution in [-0.4, -0.2) is 47.3 Å². The Kier molecular flexibility index (Phi) is 3.73. The number of ether oxygens (including phenoxy) is 2. The maximum absolute atomic E-state index is 11.3. The Labute approximate surface area is 113 Å². The van der Waals surface area contributed by atoms with Crippen LogP contribution in [0.15, 0.2) is 12.2 Å². The van der Waals surface area contributed by atoms with Gasteiger partial charge in [-0.3, -0.25) is 19.2 Å². The Bertz CT molecular complexity index is 428. The molecule has 0 radical (unpaired) electrons. The molecule has 1 fully saturated rings. The van der Waals surface area contributed by atoms with Crippen LogP contribution < -0.4 is 0 Å². The second-order valence-corrected chi connectivity index (χ2v) is 4.66. The van der Waals surface area contributed by atoms with Gasteiger partial charge in [0, 0.05) is 11.8 Å². The van der Waals surface area contributed by atoms with Crippen molar-refractivity contribution >= 4 is 24.9 Å². The van der Waals surface area contributed by atoms with Crippen molar-refractivity contribution in [2.75, 3.05) is 0 Å². The summed E-state index contributed by atoms with van der Waals surface area (Å²) < 4.78 is 9.64. The Morgan fingerprint density at radius 1 is 0.850 bits per heavy atom. The molecule has 2 bridgehead atoms. The first-order chi connectivity index (χ1) is 9.52. The van der Waals surface area contributed by atoms with E-state index in [-0.39, 0.29) is 12.9 Å². The number of carboxylic acid groups (broad SMARTS) is 2. The molecular weight excluding hydrogens is 272 g/mol. The van der Waals surface area contributed by atoms with Crippen molar-refractivity contribution in [2.45, 2.75) is 12.2 Å². The summed E-state index contributed by atoms with van der Waals surface area (Å²) in [6.07, 6.45) is 1.01. The van der Waals surface area contributed by atoms with Gasteiger partial charge in [-0.25, -0.2) is 0 Å². The van der Waals surface area contributed by atoms with Crippen molar-refractivity contribution in [3.63, 3.8) is 0 Å². The van der Waals surface area contributed by atoms with Crippen LogP contribution in [0.1, 0.15) is 0 Å². The molecule has 6 atom stereocenters. The number of hydrogen-bond acceptors (Lipinski definition) is 6. The zero-order chi connectivity index (χ0) is 14.9. The summed E-state index contributed by atoms with van der Waals surface area (Å²) >= 11 is 0. The van der Waals surface area contributed by atoms with Crippen LogP contribution >= 0.6 is 0 Å². The molecule has 2 N–H and O–H groups in total. The average Bonchev–Trinajstić information content (AvgIpc) is 2.40. The first-order valence-electron chi connectivity index (χ1n) is 5.85. The highest BCUT2D eigenvalue weighted by atomic mass is 16.6. The molecule has 8 nitrogen and oxygen atoms in total. The fourth-order valence-corrected chi connectivity index (χ4v) is 3.14. The van der Waals surface area contributed by atoms with Gasteiger partial charge in [0.05, 0.1) is 11.8 Å². The number of carbonyl (C=O) groups excluding carboxylic acids is 2. The Hall–Kier alpha value is -2.38. The van der Waals surface area contributed by atoms with Gasteiger partial charge in [0.1, 0.15) is 12.2 Å². The van der Waals surface area contributed by atoms with Crippen LogP contribution in [0.4, 0.5) is 0 Å². The zero-order valence-corrected chi connectivity index (χ0v) is 10.1. The molecule has 0 spiro atoms. The predicted octanol–water partition coefficient (Wildman–Crippen LogP) is -0.713. The molecule has 3 rings (SSSR count). The molecule has 0 aromatic heterocycles. The number of fused-ring (bicyclic) bond motifs is 2. The monoisotopic (exact) mass is 284 g/mol. The minimum absolute atomic E-state index is 0.134. The number of aliphatic carboxylic acids is 2. The molecule has 3 aliphatic carbocycles. The largest absolute Gasteiger partial charge is 0.481 e. The van der Waals surface area contributed by atoms with Crippen molar-refractivity contribution in [3.8, 4) is 0 Å². The van der Waals surface area contributed by atoms with Crippen LogP contribution in [0.2, 0.25) is 0 Å². The summed E-state index contributed by atoms with van der Waals surface area (Å²) in [5.74, 6) is -6.76. The lowest BCUT2D eigenvalue weighted by Crippen LogP contribution is -2.59. The predicted molar refractivity (Wildman–Crippen MR) is 60.2 cm³/mol. The number of carboxylic acids is 2. The summed E-state index contributed by atoms with van der Waals surface area (Å²) in [5.41, 5.74) is 0. The summed E-state index contributed by atoms with van der Waals surface area (Å²) in [6, 6.07) is 0. The molecule has 108 valence electrons. The number of carbonyl (C=O) groups is 4. The van der Waals surface area contributed by atoms with Crippen molar-refractivity contribution in [2.24, 2.45) is 23.7 Å². The van der Waals surface area contributed by atoms with Gasteiger partial charge in [-0.1, -0.05) is 12.2 Å². The van der Waals surface area contributed by atoms with Crippen molar-refractivity contribution in [1.82, 2.24) is 0 Å². The molecule has 0 amide bonds. The maximum Gasteiger partial charge on any atom is 0.308 e. The molecule has 0 aromatic rings. The Morgan fingerprint density at radius 3 is 1.45 bits per heavy atom. The van der Waals surface area contributed by atoms with E-state index in [0.717, 1.165) is 0 Å². The van der Waals surface area contributed by atoms with Gasteiger partial charge < -0.3 is 19.7 Å². The third-order valence-electron chi connectivity index (χ3n) is 3.85. The van der Waals surface area contributed by atoms with Crippen molar-refractivity contribution in [1.29, 1.82) is 0 Å². The first kappa shape index (κ1) is 14.0. The van der Waals surface area contributed by atoms with Gasteiger partial charge in [-0.15, -0.1) is 0 Å². The maximum atomic E-state index is 11.3. The first-order valence-corrected chi connectivity index (χ1v) is 5.85. The standard InChI is InChI=1S/C12H12O8/c13-3-19-9-5-1-2-6(10(9)20-4-14)8(12(17)18)7(5)11(15)16/h1-10H,(H,15,16)(H,17,18). The topological polar surface area (TPSA) is 127 Å². The molecule has 0 saturated heterocycles. The van der Waals surface area contributed by atoms with E-state index in [1.165, 1.54) is 12.2 Å². The van der Waals surface area contributed by atoms with Crippen LogP contribution in [0.3, 0.4) is 0 Å². The number of rotatable bonds is 6. The van der Waals surface area contributed by atoms with E-state index < -0.39 is 47.8 Å². The van der Waals surface area contributed by atoms with Crippen LogP contribution in [0.5, 0.6) is 0 Å². The highest BCUT2D eigenvalue weighted by molar-refractivity contribution is 5.82. The Balaban J connectivity index is 2.43. The SMILES string of the molecule is O=COC1C2C=CC(C1OC=O)C(C(=O)O)C2C(=O)O. The zero-order valence-electron chi connectivity index (χ0n) is 10.1. The third kappa shape index (κ3) is 2.02. The molecule has 1 saturated carbocycles. The quantitative estimate of drug-likeness (QED) is 0.483. The van der Waals surface area contributed by atoms with Gasteiger partial charge in [-0.05, 0) is 0 Å². The molecule has 3 aliphatic rings. The highest BCUT2D eigenvalue weighted by Gasteiger charge is 2.59. The van der Waals surface area contributed by atoms with E-state index in [1.54, 1.807) is 0 Å². The smallest absolute Gasteiger partial charge is 0.308 e. The van der Waals surface area contributed by atoms with E-state index in [9.17, 15) is 29.4 Å². The summed E-state index contributed by atoms with van der Waals surface area (Å²) in [6.45, 7) is 0.268. The molecule has 0 aliphatic heterocycles. The average molecular weight is 284 g/mol. The summed E-state index contributed by atoms with van der Waals surface area (Å²) in [4.78, 5) is 43.7. The molecule has 8 heteroatoms. The van der Waals surface area contributed by atoms with E-state index in [4.69, 9.17) is 9.47 Å². The van der Waals surface area contributed by atoms with Gasteiger partial charge in [0.25, 0.3) is 12.9 Å². The lowest BCUT2D eigenvalue weighted by atomic mass is 9.59. The molecular formula is C12H12O8. The van der Waals surface area contributed by atoms with Crippen LogP contribution in [0, 0.1) is 23.7 Å². The molecule has 0 heterocycles. The van der Waals surface area contributed by atoms with Gasteiger partial charge >= 0.3 is 11.9 Å². The van der Waals surface area contributed by atoms with Crippen molar-refractivity contribution < 1.29 is 38.9 Å². The third-order valence-corrected chi connectivity index (χ3v) is 3.85. The van der Waals surface area contributed by atoms with Gasteiger partial charge in [0.15, 0.2) is 0 Å². The fraction of sp³-hybridized carbons (Fsp3) is 0.500. The second kappa shape index (κ2) is 5.32. The van der Waals surface area contributed by atoms with Gasteiger partial charge in [-0.2, -0.15) is 0 Å². The van der Waals surface area contributed by atoms with E-state index in [2.05, 4.69) is 0 Å². The lowest BCUT2D eigenvalue weighted by Gasteiger charge is -2.48. The normalized spacial score (nSPS) is 38.0. The molecule has 0 aromatic carbocycles. The second-order valence-electron chi connectivity index (χ2n) is 4.66. The summed E-state index contributed by atoms with van der Waals surface area (Å²) in [5, 5.41) is 18.5. The minimum atomic E-state index is -1.29. The fourth-order valence-electron chi connectivity index (χ4n) is 3.14. The van der Waals surface area contributed by atoms with Gasteiger partial charge in [0.2, 0.25) is 0 Å².